The molecule has 1 fully saturated rings. The van der Waals surface area contributed by atoms with Crippen LogP contribution in [0.3, 0.4) is 0 Å². The maximum Gasteiger partial charge on any atom is 0.322 e. The SMILES string of the molecule is Cc1cc(S(=O)(=O)N2CCC[C@@H]2C(=O)O)c(C)cc1Cl. The first-order valence-corrected chi connectivity index (χ1v) is 8.08. The van der Waals surface area contributed by atoms with Gasteiger partial charge in [0.05, 0.1) is 4.90 Å². The average molecular weight is 318 g/mol. The van der Waals surface area contributed by atoms with Gasteiger partial charge in [0.2, 0.25) is 10.0 Å². The number of carboxylic acid groups (broad SMARTS) is 1. The molecular formula is C13H16ClNO4S. The summed E-state index contributed by atoms with van der Waals surface area (Å²) in [6.45, 7) is 3.61. The number of sulfonamides is 1. The summed E-state index contributed by atoms with van der Waals surface area (Å²) in [4.78, 5) is 11.3. The number of aryl methyl sites for hydroxylation is 2. The maximum absolute atomic E-state index is 12.7. The van der Waals surface area contributed by atoms with Crippen molar-refractivity contribution in [3.8, 4) is 0 Å². The van der Waals surface area contributed by atoms with Crippen molar-refractivity contribution in [3.63, 3.8) is 0 Å². The van der Waals surface area contributed by atoms with E-state index >= 15 is 0 Å². The van der Waals surface area contributed by atoms with Gasteiger partial charge in [-0.3, -0.25) is 4.79 Å². The van der Waals surface area contributed by atoms with Crippen molar-refractivity contribution in [2.75, 3.05) is 6.54 Å². The van der Waals surface area contributed by atoms with E-state index in [0.717, 1.165) is 4.31 Å². The molecule has 5 nitrogen and oxygen atoms in total. The lowest BCUT2D eigenvalue weighted by molar-refractivity contribution is -0.140. The first-order valence-electron chi connectivity index (χ1n) is 6.26. The third kappa shape index (κ3) is 2.55. The number of halogens is 1. The molecule has 0 aliphatic carbocycles. The van der Waals surface area contributed by atoms with Crippen molar-refractivity contribution in [2.45, 2.75) is 37.6 Å². The number of hydrogen-bond acceptors (Lipinski definition) is 3. The highest BCUT2D eigenvalue weighted by Gasteiger charge is 2.40. The second-order valence-electron chi connectivity index (χ2n) is 4.98. The monoisotopic (exact) mass is 317 g/mol. The zero-order valence-electron chi connectivity index (χ0n) is 11.3. The van der Waals surface area contributed by atoms with E-state index in [0.29, 0.717) is 29.0 Å². The number of hydrogen-bond donors (Lipinski definition) is 1. The van der Waals surface area contributed by atoms with Crippen LogP contribution in [0, 0.1) is 13.8 Å². The fraction of sp³-hybridized carbons (Fsp3) is 0.462. The van der Waals surface area contributed by atoms with Crippen molar-refractivity contribution in [1.29, 1.82) is 0 Å². The Labute approximate surface area is 123 Å². The van der Waals surface area contributed by atoms with E-state index in [1.807, 2.05) is 0 Å². The van der Waals surface area contributed by atoms with Gasteiger partial charge >= 0.3 is 5.97 Å². The van der Waals surface area contributed by atoms with Crippen LogP contribution in [0.15, 0.2) is 17.0 Å². The van der Waals surface area contributed by atoms with Crippen molar-refractivity contribution in [1.82, 2.24) is 4.31 Å². The van der Waals surface area contributed by atoms with Gasteiger partial charge in [0, 0.05) is 11.6 Å². The first-order chi connectivity index (χ1) is 9.25. The van der Waals surface area contributed by atoms with Gasteiger partial charge in [0.15, 0.2) is 0 Å². The summed E-state index contributed by atoms with van der Waals surface area (Å²) in [7, 11) is -3.81. The third-order valence-electron chi connectivity index (χ3n) is 3.53. The first kappa shape index (κ1) is 15.3. The normalized spacial score (nSPS) is 20.2. The fourth-order valence-corrected chi connectivity index (χ4v) is 4.60. The highest BCUT2D eigenvalue weighted by molar-refractivity contribution is 7.89. The van der Waals surface area contributed by atoms with Gasteiger partial charge in [-0.05, 0) is 49.9 Å². The summed E-state index contributed by atoms with van der Waals surface area (Å²) in [5, 5.41) is 9.63. The minimum Gasteiger partial charge on any atom is -0.480 e. The zero-order valence-corrected chi connectivity index (χ0v) is 12.8. The quantitative estimate of drug-likeness (QED) is 0.927. The van der Waals surface area contributed by atoms with Gasteiger partial charge in [-0.15, -0.1) is 0 Å². The van der Waals surface area contributed by atoms with Gasteiger partial charge in [-0.1, -0.05) is 11.6 Å². The Balaban J connectivity index is 2.50. The zero-order chi connectivity index (χ0) is 15.1. The van der Waals surface area contributed by atoms with Crippen LogP contribution >= 0.6 is 11.6 Å². The summed E-state index contributed by atoms with van der Waals surface area (Å²) < 4.78 is 26.4. The Bertz CT molecular complexity index is 657. The second-order valence-corrected chi connectivity index (χ2v) is 7.25. The molecule has 1 aliphatic heterocycles. The molecule has 0 unspecified atom stereocenters. The lowest BCUT2D eigenvalue weighted by atomic mass is 10.2. The topological polar surface area (TPSA) is 74.7 Å². The van der Waals surface area contributed by atoms with Crippen LogP contribution in [0.4, 0.5) is 0 Å². The maximum atomic E-state index is 12.7. The van der Waals surface area contributed by atoms with Crippen LogP contribution < -0.4 is 0 Å². The number of benzene rings is 1. The minimum atomic E-state index is -3.81. The molecule has 0 spiro atoms. The molecule has 0 aromatic heterocycles. The lowest BCUT2D eigenvalue weighted by Crippen LogP contribution is -2.40. The summed E-state index contributed by atoms with van der Waals surface area (Å²) in [6.07, 6.45) is 0.905. The van der Waals surface area contributed by atoms with Crippen LogP contribution in [0.5, 0.6) is 0 Å². The molecule has 0 bridgehead atoms. The molecule has 1 saturated heterocycles. The summed E-state index contributed by atoms with van der Waals surface area (Å²) >= 11 is 5.97. The molecule has 20 heavy (non-hydrogen) atoms. The van der Waals surface area contributed by atoms with Gasteiger partial charge in [-0.2, -0.15) is 4.31 Å². The molecule has 0 saturated carbocycles. The molecule has 1 aromatic rings. The van der Waals surface area contributed by atoms with Crippen molar-refractivity contribution in [2.24, 2.45) is 0 Å². The van der Waals surface area contributed by atoms with E-state index in [-0.39, 0.29) is 11.4 Å². The Kier molecular flexibility index (Phi) is 4.09. The molecule has 0 radical (unpaired) electrons. The molecular weight excluding hydrogens is 302 g/mol. The molecule has 0 amide bonds. The minimum absolute atomic E-state index is 0.132. The number of rotatable bonds is 3. The Morgan fingerprint density at radius 3 is 2.60 bits per heavy atom. The second kappa shape index (κ2) is 5.35. The average Bonchev–Trinajstić information content (AvgIpc) is 2.83. The molecule has 1 N–H and O–H groups in total. The summed E-state index contributed by atoms with van der Waals surface area (Å²) in [5.41, 5.74) is 1.18. The van der Waals surface area contributed by atoms with E-state index in [4.69, 9.17) is 16.7 Å². The number of carbonyl (C=O) groups is 1. The van der Waals surface area contributed by atoms with Gasteiger partial charge in [-0.25, -0.2) is 8.42 Å². The van der Waals surface area contributed by atoms with Crippen molar-refractivity contribution >= 4 is 27.6 Å². The van der Waals surface area contributed by atoms with Crippen LogP contribution in [-0.4, -0.2) is 36.4 Å². The Hall–Kier alpha value is -1.11. The van der Waals surface area contributed by atoms with Crippen LogP contribution in [0.25, 0.3) is 0 Å². The van der Waals surface area contributed by atoms with Crippen LogP contribution in [-0.2, 0) is 14.8 Å². The van der Waals surface area contributed by atoms with E-state index < -0.39 is 22.0 Å². The summed E-state index contributed by atoms with van der Waals surface area (Å²) in [6, 6.07) is 2.12. The highest BCUT2D eigenvalue weighted by atomic mass is 35.5. The third-order valence-corrected chi connectivity index (χ3v) is 5.99. The Morgan fingerprint density at radius 1 is 1.35 bits per heavy atom. The molecule has 1 atom stereocenters. The standard InChI is InChI=1S/C13H16ClNO4S/c1-8-7-12(9(2)6-10(8)14)20(18,19)15-5-3-4-11(15)13(16)17/h6-7,11H,3-5H2,1-2H3,(H,16,17)/t11-/m1/s1. The lowest BCUT2D eigenvalue weighted by Gasteiger charge is -2.22. The van der Waals surface area contributed by atoms with Crippen LogP contribution in [0.2, 0.25) is 5.02 Å². The predicted molar refractivity (Wildman–Crippen MR) is 75.5 cm³/mol. The van der Waals surface area contributed by atoms with Crippen molar-refractivity contribution in [3.05, 3.63) is 28.3 Å². The molecule has 2 rings (SSSR count). The molecule has 1 aliphatic rings. The van der Waals surface area contributed by atoms with Gasteiger partial charge in [0.1, 0.15) is 6.04 Å². The number of aliphatic carboxylic acids is 1. The van der Waals surface area contributed by atoms with E-state index in [1.54, 1.807) is 19.9 Å². The Morgan fingerprint density at radius 2 is 2.00 bits per heavy atom. The predicted octanol–water partition coefficient (Wildman–Crippen LogP) is 2.19. The molecule has 1 aromatic carbocycles. The number of carboxylic acids is 1. The number of nitrogens with zero attached hydrogens (tertiary/aromatic N) is 1. The molecule has 110 valence electrons. The smallest absolute Gasteiger partial charge is 0.322 e. The van der Waals surface area contributed by atoms with Crippen molar-refractivity contribution < 1.29 is 18.3 Å². The van der Waals surface area contributed by atoms with Gasteiger partial charge in [0.25, 0.3) is 0 Å². The van der Waals surface area contributed by atoms with E-state index in [9.17, 15) is 13.2 Å². The largest absolute Gasteiger partial charge is 0.480 e. The summed E-state index contributed by atoms with van der Waals surface area (Å²) in [5.74, 6) is -1.10. The van der Waals surface area contributed by atoms with E-state index in [1.165, 1.54) is 6.07 Å². The fourth-order valence-electron chi connectivity index (χ4n) is 2.43. The molecule has 7 heteroatoms. The highest BCUT2D eigenvalue weighted by Crippen LogP contribution is 2.30. The molecule has 1 heterocycles. The van der Waals surface area contributed by atoms with Crippen LogP contribution in [0.1, 0.15) is 24.0 Å². The van der Waals surface area contributed by atoms with E-state index in [2.05, 4.69) is 0 Å². The van der Waals surface area contributed by atoms with Gasteiger partial charge < -0.3 is 5.11 Å².